The van der Waals surface area contributed by atoms with Gasteiger partial charge in [-0.1, -0.05) is 0 Å². The van der Waals surface area contributed by atoms with Crippen LogP contribution in [-0.2, 0) is 14.3 Å². The molecule has 1 atom stereocenters. The molecule has 0 aromatic heterocycles. The fourth-order valence-corrected chi connectivity index (χ4v) is 1.96. The number of aliphatic carboxylic acids is 1. The van der Waals surface area contributed by atoms with E-state index in [1.54, 1.807) is 7.11 Å². The molecule has 5 heteroatoms. The van der Waals surface area contributed by atoms with Crippen LogP contribution in [0.1, 0.15) is 12.8 Å². The maximum atomic E-state index is 10.7. The molecule has 1 saturated heterocycles. The third-order valence-electron chi connectivity index (χ3n) is 2.74. The van der Waals surface area contributed by atoms with Crippen LogP contribution >= 0.6 is 0 Å². The molecule has 16 heavy (non-hydrogen) atoms. The van der Waals surface area contributed by atoms with Crippen molar-refractivity contribution in [2.24, 2.45) is 5.92 Å². The van der Waals surface area contributed by atoms with Crippen molar-refractivity contribution in [1.29, 1.82) is 0 Å². The first-order valence-corrected chi connectivity index (χ1v) is 5.73. The lowest BCUT2D eigenvalue weighted by Gasteiger charge is -2.28. The zero-order chi connectivity index (χ0) is 11.8. The van der Waals surface area contributed by atoms with Crippen LogP contribution in [-0.4, -0.2) is 62.5 Å². The number of methoxy groups -OCH3 is 1. The van der Waals surface area contributed by atoms with Gasteiger partial charge in [-0.25, -0.2) is 0 Å². The molecule has 0 radical (unpaired) electrons. The van der Waals surface area contributed by atoms with Crippen LogP contribution in [0.2, 0.25) is 0 Å². The second-order valence-electron chi connectivity index (χ2n) is 4.20. The van der Waals surface area contributed by atoms with Crippen molar-refractivity contribution in [2.75, 3.05) is 46.6 Å². The Morgan fingerprint density at radius 3 is 3.00 bits per heavy atom. The summed E-state index contributed by atoms with van der Waals surface area (Å²) in [4.78, 5) is 12.6. The summed E-state index contributed by atoms with van der Waals surface area (Å²) in [6.45, 7) is 3.70. The number of carboxylic acid groups (broad SMARTS) is 1. The summed E-state index contributed by atoms with van der Waals surface area (Å²) >= 11 is 0. The van der Waals surface area contributed by atoms with Gasteiger partial charge in [-0.2, -0.15) is 0 Å². The van der Waals surface area contributed by atoms with Gasteiger partial charge >= 0.3 is 5.97 Å². The Morgan fingerprint density at radius 2 is 2.44 bits per heavy atom. The summed E-state index contributed by atoms with van der Waals surface area (Å²) < 4.78 is 10.4. The lowest BCUT2D eigenvalue weighted by Crippen LogP contribution is -2.38. The summed E-state index contributed by atoms with van der Waals surface area (Å²) in [5.74, 6) is -0.321. The van der Waals surface area contributed by atoms with E-state index < -0.39 is 5.97 Å². The topological polar surface area (TPSA) is 59.0 Å². The first-order chi connectivity index (χ1) is 7.72. The van der Waals surface area contributed by atoms with Crippen LogP contribution in [0.25, 0.3) is 0 Å². The molecule has 1 heterocycles. The predicted molar refractivity (Wildman–Crippen MR) is 59.5 cm³/mol. The molecule has 1 unspecified atom stereocenters. The minimum Gasteiger partial charge on any atom is -0.480 e. The highest BCUT2D eigenvalue weighted by Gasteiger charge is 2.18. The van der Waals surface area contributed by atoms with Crippen molar-refractivity contribution >= 4 is 5.97 Å². The van der Waals surface area contributed by atoms with Gasteiger partial charge in [-0.05, 0) is 18.8 Å². The molecule has 0 aromatic carbocycles. The highest BCUT2D eigenvalue weighted by Crippen LogP contribution is 2.14. The second kappa shape index (κ2) is 7.60. The van der Waals surface area contributed by atoms with E-state index in [-0.39, 0.29) is 6.54 Å². The van der Waals surface area contributed by atoms with Crippen LogP contribution in [0.5, 0.6) is 0 Å². The molecule has 0 bridgehead atoms. The lowest BCUT2D eigenvalue weighted by molar-refractivity contribution is -0.138. The van der Waals surface area contributed by atoms with Gasteiger partial charge in [0, 0.05) is 26.8 Å². The summed E-state index contributed by atoms with van der Waals surface area (Å²) in [7, 11) is 1.63. The third-order valence-corrected chi connectivity index (χ3v) is 2.74. The Labute approximate surface area is 96.3 Å². The Bertz CT molecular complexity index is 204. The Hall–Kier alpha value is -0.650. The molecule has 5 nitrogen and oxygen atoms in total. The number of carboxylic acids is 1. The van der Waals surface area contributed by atoms with E-state index in [4.69, 9.17) is 14.6 Å². The van der Waals surface area contributed by atoms with E-state index in [1.807, 2.05) is 4.90 Å². The first kappa shape index (κ1) is 13.4. The van der Waals surface area contributed by atoms with E-state index in [2.05, 4.69) is 0 Å². The molecule has 1 N–H and O–H groups in total. The van der Waals surface area contributed by atoms with Crippen LogP contribution < -0.4 is 0 Å². The van der Waals surface area contributed by atoms with Crippen molar-refractivity contribution in [3.63, 3.8) is 0 Å². The van der Waals surface area contributed by atoms with E-state index in [0.717, 1.165) is 32.6 Å². The quantitative estimate of drug-likeness (QED) is 0.689. The number of ether oxygens (including phenoxy) is 2. The normalized spacial score (nSPS) is 21.2. The van der Waals surface area contributed by atoms with Gasteiger partial charge in [0.2, 0.25) is 0 Å². The maximum Gasteiger partial charge on any atom is 0.317 e. The molecule has 94 valence electrons. The average Bonchev–Trinajstić information content (AvgIpc) is 2.26. The molecule has 1 fully saturated rings. The SMILES string of the molecule is COCCN(CC(=O)O)CC1CCCOC1. The van der Waals surface area contributed by atoms with Gasteiger partial charge in [-0.15, -0.1) is 0 Å². The monoisotopic (exact) mass is 231 g/mol. The molecular weight excluding hydrogens is 210 g/mol. The summed E-state index contributed by atoms with van der Waals surface area (Å²) in [6, 6.07) is 0. The van der Waals surface area contributed by atoms with E-state index in [1.165, 1.54) is 0 Å². The molecule has 1 aliphatic rings. The van der Waals surface area contributed by atoms with Crippen molar-refractivity contribution in [3.05, 3.63) is 0 Å². The molecule has 0 spiro atoms. The summed E-state index contributed by atoms with van der Waals surface area (Å²) in [5, 5.41) is 8.80. The largest absolute Gasteiger partial charge is 0.480 e. The van der Waals surface area contributed by atoms with Crippen LogP contribution in [0.3, 0.4) is 0 Å². The maximum absolute atomic E-state index is 10.7. The van der Waals surface area contributed by atoms with E-state index in [9.17, 15) is 4.79 Å². The highest BCUT2D eigenvalue weighted by molar-refractivity contribution is 5.69. The van der Waals surface area contributed by atoms with Gasteiger partial charge in [0.05, 0.1) is 19.8 Å². The molecule has 1 rings (SSSR count). The molecular formula is C11H21NO4. The summed E-state index contributed by atoms with van der Waals surface area (Å²) in [6.07, 6.45) is 2.21. The second-order valence-corrected chi connectivity index (χ2v) is 4.20. The smallest absolute Gasteiger partial charge is 0.317 e. The first-order valence-electron chi connectivity index (χ1n) is 5.73. The summed E-state index contributed by atoms with van der Waals surface area (Å²) in [5.41, 5.74) is 0. The van der Waals surface area contributed by atoms with Gasteiger partial charge < -0.3 is 14.6 Å². The Balaban J connectivity index is 2.31. The third kappa shape index (κ3) is 5.44. The van der Waals surface area contributed by atoms with Crippen molar-refractivity contribution < 1.29 is 19.4 Å². The predicted octanol–water partition coefficient (Wildman–Crippen LogP) is 0.446. The standard InChI is InChI=1S/C11H21NO4/c1-15-6-4-12(8-11(13)14)7-10-3-2-5-16-9-10/h10H,2-9H2,1H3,(H,13,14). The number of hydrogen-bond donors (Lipinski definition) is 1. The number of carbonyl (C=O) groups is 1. The molecule has 0 aliphatic carbocycles. The Morgan fingerprint density at radius 1 is 1.62 bits per heavy atom. The lowest BCUT2D eigenvalue weighted by atomic mass is 10.0. The van der Waals surface area contributed by atoms with Gasteiger partial charge in [0.15, 0.2) is 0 Å². The van der Waals surface area contributed by atoms with Gasteiger partial charge in [0.1, 0.15) is 0 Å². The number of rotatable bonds is 7. The van der Waals surface area contributed by atoms with Crippen molar-refractivity contribution in [1.82, 2.24) is 4.90 Å². The van der Waals surface area contributed by atoms with Crippen molar-refractivity contribution in [3.8, 4) is 0 Å². The van der Waals surface area contributed by atoms with Gasteiger partial charge in [-0.3, -0.25) is 9.69 Å². The molecule has 0 saturated carbocycles. The van der Waals surface area contributed by atoms with Crippen LogP contribution in [0, 0.1) is 5.92 Å². The molecule has 1 aliphatic heterocycles. The van der Waals surface area contributed by atoms with Gasteiger partial charge in [0.25, 0.3) is 0 Å². The minimum absolute atomic E-state index is 0.0832. The molecule has 0 aromatic rings. The van der Waals surface area contributed by atoms with E-state index >= 15 is 0 Å². The number of nitrogens with zero attached hydrogens (tertiary/aromatic N) is 1. The van der Waals surface area contributed by atoms with Crippen LogP contribution in [0.4, 0.5) is 0 Å². The fourth-order valence-electron chi connectivity index (χ4n) is 1.96. The zero-order valence-electron chi connectivity index (χ0n) is 9.85. The van der Waals surface area contributed by atoms with Crippen molar-refractivity contribution in [2.45, 2.75) is 12.8 Å². The van der Waals surface area contributed by atoms with E-state index in [0.29, 0.717) is 19.1 Å². The minimum atomic E-state index is -0.784. The zero-order valence-corrected chi connectivity index (χ0v) is 9.85. The van der Waals surface area contributed by atoms with Crippen LogP contribution in [0.15, 0.2) is 0 Å². The Kier molecular flexibility index (Phi) is 6.37. The average molecular weight is 231 g/mol. The number of hydrogen-bond acceptors (Lipinski definition) is 4. The highest BCUT2D eigenvalue weighted by atomic mass is 16.5. The molecule has 0 amide bonds. The fraction of sp³-hybridized carbons (Fsp3) is 0.909.